The number of rotatable bonds is 8. The summed E-state index contributed by atoms with van der Waals surface area (Å²) < 4.78 is 34.5. The first-order valence-corrected chi connectivity index (χ1v) is 12.3. The van der Waals surface area contributed by atoms with Crippen LogP contribution in [-0.2, 0) is 14.8 Å². The molecule has 0 radical (unpaired) electrons. The van der Waals surface area contributed by atoms with Crippen molar-refractivity contribution in [1.29, 1.82) is 0 Å². The Morgan fingerprint density at radius 2 is 1.62 bits per heavy atom. The first kappa shape index (κ1) is 22.3. The SMILES string of the molecule is O=C(O)CCC(Oc1ccccc1)C1CCN(S(=O)(=O)c2cccc3ccccc23)CC1. The van der Waals surface area contributed by atoms with E-state index in [9.17, 15) is 13.2 Å². The Balaban J connectivity index is 1.49. The molecule has 7 heteroatoms. The first-order chi connectivity index (χ1) is 15.4. The van der Waals surface area contributed by atoms with Crippen molar-refractivity contribution < 1.29 is 23.1 Å². The standard InChI is InChI=1S/C25H27NO5S/c27-25(28)14-13-23(31-21-9-2-1-3-10-21)20-15-17-26(18-16-20)32(29,30)24-12-6-8-19-7-4-5-11-22(19)24/h1-12,20,23H,13-18H2,(H,27,28). The highest BCUT2D eigenvalue weighted by atomic mass is 32.2. The number of benzene rings is 3. The largest absolute Gasteiger partial charge is 0.490 e. The van der Waals surface area contributed by atoms with Gasteiger partial charge < -0.3 is 9.84 Å². The molecule has 0 aromatic heterocycles. The molecule has 1 unspecified atom stereocenters. The number of hydrogen-bond acceptors (Lipinski definition) is 4. The number of hydrogen-bond donors (Lipinski definition) is 1. The molecule has 0 aliphatic carbocycles. The van der Waals surface area contributed by atoms with Crippen LogP contribution in [0, 0.1) is 5.92 Å². The van der Waals surface area contributed by atoms with Gasteiger partial charge in [0.1, 0.15) is 11.9 Å². The van der Waals surface area contributed by atoms with E-state index in [4.69, 9.17) is 9.84 Å². The van der Waals surface area contributed by atoms with Crippen molar-refractivity contribution in [3.8, 4) is 5.75 Å². The molecule has 32 heavy (non-hydrogen) atoms. The molecular formula is C25H27NO5S. The minimum atomic E-state index is -3.62. The van der Waals surface area contributed by atoms with E-state index < -0.39 is 16.0 Å². The van der Waals surface area contributed by atoms with E-state index >= 15 is 0 Å². The fraction of sp³-hybridized carbons (Fsp3) is 0.320. The normalized spacial score (nSPS) is 16.6. The number of piperidine rings is 1. The van der Waals surface area contributed by atoms with Crippen molar-refractivity contribution in [3.63, 3.8) is 0 Å². The predicted molar refractivity (Wildman–Crippen MR) is 123 cm³/mol. The Hall–Kier alpha value is -2.90. The number of carboxylic acids is 1. The van der Waals surface area contributed by atoms with Crippen LogP contribution >= 0.6 is 0 Å². The molecule has 3 aromatic carbocycles. The zero-order valence-corrected chi connectivity index (χ0v) is 18.6. The summed E-state index contributed by atoms with van der Waals surface area (Å²) in [6.07, 6.45) is 1.40. The van der Waals surface area contributed by atoms with Crippen molar-refractivity contribution in [2.75, 3.05) is 13.1 Å². The highest BCUT2D eigenvalue weighted by Crippen LogP contribution is 2.32. The van der Waals surface area contributed by atoms with Crippen LogP contribution in [0.4, 0.5) is 0 Å². The molecule has 1 atom stereocenters. The van der Waals surface area contributed by atoms with Gasteiger partial charge in [-0.25, -0.2) is 8.42 Å². The smallest absolute Gasteiger partial charge is 0.303 e. The highest BCUT2D eigenvalue weighted by molar-refractivity contribution is 7.89. The van der Waals surface area contributed by atoms with Crippen molar-refractivity contribution >= 4 is 26.8 Å². The van der Waals surface area contributed by atoms with Crippen molar-refractivity contribution in [1.82, 2.24) is 4.31 Å². The number of nitrogens with zero attached hydrogens (tertiary/aromatic N) is 1. The van der Waals surface area contributed by atoms with Gasteiger partial charge in [-0.15, -0.1) is 0 Å². The van der Waals surface area contributed by atoms with Crippen LogP contribution in [0.15, 0.2) is 77.7 Å². The van der Waals surface area contributed by atoms with E-state index in [1.807, 2.05) is 60.7 Å². The summed E-state index contributed by atoms with van der Waals surface area (Å²) in [7, 11) is -3.62. The van der Waals surface area contributed by atoms with Gasteiger partial charge >= 0.3 is 5.97 Å². The minimum absolute atomic E-state index is 0.0199. The van der Waals surface area contributed by atoms with Crippen LogP contribution in [0.3, 0.4) is 0 Å². The molecule has 0 amide bonds. The van der Waals surface area contributed by atoms with Gasteiger partial charge in [0.25, 0.3) is 0 Å². The number of fused-ring (bicyclic) bond motifs is 1. The van der Waals surface area contributed by atoms with Gasteiger partial charge in [0.15, 0.2) is 0 Å². The van der Waals surface area contributed by atoms with Crippen LogP contribution < -0.4 is 4.74 Å². The summed E-state index contributed by atoms with van der Waals surface area (Å²) >= 11 is 0. The third kappa shape index (κ3) is 4.95. The van der Waals surface area contributed by atoms with Gasteiger partial charge in [0.05, 0.1) is 4.90 Å². The van der Waals surface area contributed by atoms with E-state index in [2.05, 4.69) is 0 Å². The van der Waals surface area contributed by atoms with Crippen molar-refractivity contribution in [2.24, 2.45) is 5.92 Å². The van der Waals surface area contributed by atoms with E-state index in [0.717, 1.165) is 10.8 Å². The summed E-state index contributed by atoms with van der Waals surface area (Å²) in [6.45, 7) is 0.774. The Labute approximate surface area is 188 Å². The second kappa shape index (κ2) is 9.71. The Morgan fingerprint density at radius 1 is 0.969 bits per heavy atom. The van der Waals surface area contributed by atoms with Gasteiger partial charge in [-0.2, -0.15) is 4.31 Å². The third-order valence-electron chi connectivity index (χ3n) is 6.07. The predicted octanol–water partition coefficient (Wildman–Crippen LogP) is 4.55. The number of carbonyl (C=O) groups is 1. The van der Waals surface area contributed by atoms with Gasteiger partial charge in [-0.3, -0.25) is 4.79 Å². The van der Waals surface area contributed by atoms with Gasteiger partial charge in [0, 0.05) is 24.9 Å². The summed E-state index contributed by atoms with van der Waals surface area (Å²) in [6, 6.07) is 22.2. The number of carboxylic acid groups (broad SMARTS) is 1. The highest BCUT2D eigenvalue weighted by Gasteiger charge is 2.34. The number of aliphatic carboxylic acids is 1. The van der Waals surface area contributed by atoms with E-state index in [1.165, 1.54) is 0 Å². The first-order valence-electron chi connectivity index (χ1n) is 10.9. The molecule has 1 aliphatic heterocycles. The zero-order valence-electron chi connectivity index (χ0n) is 17.8. The molecule has 0 saturated carbocycles. The van der Waals surface area contributed by atoms with E-state index in [-0.39, 0.29) is 18.4 Å². The van der Waals surface area contributed by atoms with Crippen LogP contribution in [0.5, 0.6) is 5.75 Å². The van der Waals surface area contributed by atoms with Crippen LogP contribution in [-0.4, -0.2) is 43.0 Å². The van der Waals surface area contributed by atoms with E-state index in [0.29, 0.717) is 43.0 Å². The van der Waals surface area contributed by atoms with Crippen molar-refractivity contribution in [2.45, 2.75) is 36.7 Å². The molecule has 6 nitrogen and oxygen atoms in total. The maximum Gasteiger partial charge on any atom is 0.303 e. The monoisotopic (exact) mass is 453 g/mol. The molecule has 168 valence electrons. The fourth-order valence-electron chi connectivity index (χ4n) is 4.38. The molecule has 3 aromatic rings. The summed E-state index contributed by atoms with van der Waals surface area (Å²) in [4.78, 5) is 11.5. The lowest BCUT2D eigenvalue weighted by molar-refractivity contribution is -0.137. The maximum absolute atomic E-state index is 13.4. The fourth-order valence-corrected chi connectivity index (χ4v) is 6.06. The lowest BCUT2D eigenvalue weighted by atomic mass is 9.89. The molecule has 1 aliphatic rings. The summed E-state index contributed by atoms with van der Waals surface area (Å²) in [5.41, 5.74) is 0. The zero-order chi connectivity index (χ0) is 22.6. The molecule has 4 rings (SSSR count). The van der Waals surface area contributed by atoms with E-state index in [1.54, 1.807) is 16.4 Å². The lowest BCUT2D eigenvalue weighted by Gasteiger charge is -2.35. The average molecular weight is 454 g/mol. The lowest BCUT2D eigenvalue weighted by Crippen LogP contribution is -2.42. The Kier molecular flexibility index (Phi) is 6.77. The van der Waals surface area contributed by atoms with Crippen LogP contribution in [0.1, 0.15) is 25.7 Å². The topological polar surface area (TPSA) is 83.9 Å². The maximum atomic E-state index is 13.4. The number of para-hydroxylation sites is 1. The molecule has 0 bridgehead atoms. The molecule has 1 heterocycles. The minimum Gasteiger partial charge on any atom is -0.490 e. The second-order valence-corrected chi connectivity index (χ2v) is 10.0. The summed E-state index contributed by atoms with van der Waals surface area (Å²) in [5, 5.41) is 10.8. The Morgan fingerprint density at radius 3 is 2.34 bits per heavy atom. The van der Waals surface area contributed by atoms with Gasteiger partial charge in [-0.1, -0.05) is 54.6 Å². The van der Waals surface area contributed by atoms with Crippen molar-refractivity contribution in [3.05, 3.63) is 72.8 Å². The molecular weight excluding hydrogens is 426 g/mol. The van der Waals surface area contributed by atoms with Gasteiger partial charge in [0.2, 0.25) is 10.0 Å². The molecule has 1 N–H and O–H groups in total. The van der Waals surface area contributed by atoms with Crippen LogP contribution in [0.2, 0.25) is 0 Å². The molecule has 1 saturated heterocycles. The van der Waals surface area contributed by atoms with Gasteiger partial charge in [-0.05, 0) is 48.8 Å². The molecule has 0 spiro atoms. The third-order valence-corrected chi connectivity index (χ3v) is 8.02. The molecule has 1 fully saturated rings. The Bertz CT molecular complexity index is 1170. The summed E-state index contributed by atoms with van der Waals surface area (Å²) in [5.74, 6) is -0.0650. The second-order valence-electron chi connectivity index (χ2n) is 8.12. The average Bonchev–Trinajstić information content (AvgIpc) is 2.82. The number of sulfonamides is 1. The van der Waals surface area contributed by atoms with Crippen LogP contribution in [0.25, 0.3) is 10.8 Å². The quantitative estimate of drug-likeness (QED) is 0.541. The number of ether oxygens (including phenoxy) is 1.